The zero-order chi connectivity index (χ0) is 14.0. The second kappa shape index (κ2) is 5.48. The predicted molar refractivity (Wildman–Crippen MR) is 70.4 cm³/mol. The summed E-state index contributed by atoms with van der Waals surface area (Å²) < 4.78 is 5.58. The van der Waals surface area contributed by atoms with Crippen molar-refractivity contribution in [1.82, 2.24) is 4.90 Å². The molecule has 5 nitrogen and oxygen atoms in total. The zero-order valence-electron chi connectivity index (χ0n) is 11.2. The zero-order valence-corrected chi connectivity index (χ0v) is 11.2. The van der Waals surface area contributed by atoms with Crippen LogP contribution in [0.1, 0.15) is 31.9 Å². The SMILES string of the molecule is CC(C)N(CCC(=O)O)C1COc2cc(O)ccc21. The quantitative estimate of drug-likeness (QED) is 0.852. The fourth-order valence-corrected chi connectivity index (χ4v) is 2.45. The molecule has 1 aliphatic heterocycles. The summed E-state index contributed by atoms with van der Waals surface area (Å²) in [6.45, 7) is 5.07. The van der Waals surface area contributed by atoms with Gasteiger partial charge in [0.05, 0.1) is 12.5 Å². The van der Waals surface area contributed by atoms with Gasteiger partial charge in [-0.2, -0.15) is 0 Å². The van der Waals surface area contributed by atoms with Gasteiger partial charge >= 0.3 is 5.97 Å². The molecule has 2 N–H and O–H groups in total. The first-order valence-electron chi connectivity index (χ1n) is 6.42. The number of hydrogen-bond acceptors (Lipinski definition) is 4. The number of aromatic hydroxyl groups is 1. The largest absolute Gasteiger partial charge is 0.508 e. The van der Waals surface area contributed by atoms with Crippen molar-refractivity contribution < 1.29 is 19.7 Å². The van der Waals surface area contributed by atoms with Crippen LogP contribution in [-0.4, -0.2) is 40.3 Å². The van der Waals surface area contributed by atoms with Crippen molar-refractivity contribution in [3.8, 4) is 11.5 Å². The second-order valence-corrected chi connectivity index (χ2v) is 5.02. The van der Waals surface area contributed by atoms with E-state index < -0.39 is 5.97 Å². The van der Waals surface area contributed by atoms with Crippen LogP contribution >= 0.6 is 0 Å². The van der Waals surface area contributed by atoms with Crippen molar-refractivity contribution >= 4 is 5.97 Å². The Morgan fingerprint density at radius 2 is 2.26 bits per heavy atom. The lowest BCUT2D eigenvalue weighted by Gasteiger charge is -2.31. The van der Waals surface area contributed by atoms with Gasteiger partial charge in [-0.15, -0.1) is 0 Å². The smallest absolute Gasteiger partial charge is 0.304 e. The number of aliphatic carboxylic acids is 1. The van der Waals surface area contributed by atoms with Gasteiger partial charge in [-0.05, 0) is 26.0 Å². The van der Waals surface area contributed by atoms with E-state index >= 15 is 0 Å². The number of phenols is 1. The molecule has 0 aromatic heterocycles. The molecule has 0 fully saturated rings. The van der Waals surface area contributed by atoms with Crippen molar-refractivity contribution in [1.29, 1.82) is 0 Å². The van der Waals surface area contributed by atoms with E-state index in [1.165, 1.54) is 0 Å². The molecule has 0 spiro atoms. The molecule has 1 aliphatic rings. The Bertz CT molecular complexity index is 473. The molecule has 1 atom stereocenters. The van der Waals surface area contributed by atoms with Gasteiger partial charge in [0.15, 0.2) is 0 Å². The van der Waals surface area contributed by atoms with E-state index in [0.29, 0.717) is 18.9 Å². The molecule has 5 heteroatoms. The van der Waals surface area contributed by atoms with Gasteiger partial charge in [0, 0.05) is 24.2 Å². The highest BCUT2D eigenvalue weighted by Crippen LogP contribution is 2.38. The van der Waals surface area contributed by atoms with Gasteiger partial charge in [0.2, 0.25) is 0 Å². The van der Waals surface area contributed by atoms with Gasteiger partial charge in [0.25, 0.3) is 0 Å². The number of fused-ring (bicyclic) bond motifs is 1. The normalized spacial score (nSPS) is 17.6. The minimum Gasteiger partial charge on any atom is -0.508 e. The Labute approximate surface area is 112 Å². The molecular weight excluding hydrogens is 246 g/mol. The van der Waals surface area contributed by atoms with E-state index in [1.54, 1.807) is 12.1 Å². The standard InChI is InChI=1S/C14H19NO4/c1-9(2)15(6-5-14(17)18)12-8-19-13-7-10(16)3-4-11(12)13/h3-4,7,9,12,16H,5-6,8H2,1-2H3,(H,17,18). The Morgan fingerprint density at radius 1 is 1.53 bits per heavy atom. The lowest BCUT2D eigenvalue weighted by molar-refractivity contribution is -0.137. The number of rotatable bonds is 5. The van der Waals surface area contributed by atoms with Crippen LogP contribution in [0.25, 0.3) is 0 Å². The van der Waals surface area contributed by atoms with E-state index in [-0.39, 0.29) is 24.3 Å². The molecule has 0 bridgehead atoms. The topological polar surface area (TPSA) is 70.0 Å². The average Bonchev–Trinajstić information content (AvgIpc) is 2.71. The van der Waals surface area contributed by atoms with Crippen molar-refractivity contribution in [2.45, 2.75) is 32.4 Å². The minimum atomic E-state index is -0.796. The maximum Gasteiger partial charge on any atom is 0.304 e. The average molecular weight is 265 g/mol. The highest BCUT2D eigenvalue weighted by Gasteiger charge is 2.31. The molecule has 1 unspecified atom stereocenters. The summed E-state index contributed by atoms with van der Waals surface area (Å²) >= 11 is 0. The summed E-state index contributed by atoms with van der Waals surface area (Å²) in [7, 11) is 0. The van der Waals surface area contributed by atoms with Crippen LogP contribution in [0.5, 0.6) is 11.5 Å². The number of carboxylic acid groups (broad SMARTS) is 1. The van der Waals surface area contributed by atoms with Gasteiger partial charge < -0.3 is 14.9 Å². The monoisotopic (exact) mass is 265 g/mol. The third-order valence-corrected chi connectivity index (χ3v) is 3.40. The van der Waals surface area contributed by atoms with Crippen molar-refractivity contribution in [2.24, 2.45) is 0 Å². The van der Waals surface area contributed by atoms with Crippen LogP contribution in [-0.2, 0) is 4.79 Å². The Kier molecular flexibility index (Phi) is 3.95. The molecular formula is C14H19NO4. The Hall–Kier alpha value is -1.75. The highest BCUT2D eigenvalue weighted by atomic mass is 16.5. The minimum absolute atomic E-state index is 0.0509. The predicted octanol–water partition coefficient (Wildman–Crippen LogP) is 2.01. The first-order chi connectivity index (χ1) is 8.99. The summed E-state index contributed by atoms with van der Waals surface area (Å²) in [4.78, 5) is 12.9. The maximum atomic E-state index is 10.7. The van der Waals surface area contributed by atoms with Crippen LogP contribution in [0, 0.1) is 0 Å². The van der Waals surface area contributed by atoms with E-state index in [4.69, 9.17) is 9.84 Å². The summed E-state index contributed by atoms with van der Waals surface area (Å²) in [5.74, 6) is 0.0718. The molecule has 0 aliphatic carbocycles. The fraction of sp³-hybridized carbons (Fsp3) is 0.500. The van der Waals surface area contributed by atoms with E-state index in [9.17, 15) is 9.90 Å². The number of ether oxygens (including phenoxy) is 1. The number of carboxylic acids is 1. The fourth-order valence-electron chi connectivity index (χ4n) is 2.45. The summed E-state index contributed by atoms with van der Waals surface area (Å²) in [5, 5.41) is 18.3. The molecule has 1 aromatic rings. The molecule has 104 valence electrons. The van der Waals surface area contributed by atoms with Crippen LogP contribution in [0.3, 0.4) is 0 Å². The number of phenolic OH excluding ortho intramolecular Hbond substituents is 1. The number of hydrogen-bond donors (Lipinski definition) is 2. The lowest BCUT2D eigenvalue weighted by atomic mass is 10.0. The number of benzene rings is 1. The molecule has 1 heterocycles. The van der Waals surface area contributed by atoms with Crippen molar-refractivity contribution in [2.75, 3.05) is 13.2 Å². The van der Waals surface area contributed by atoms with E-state index in [0.717, 1.165) is 5.56 Å². The summed E-state index contributed by atoms with van der Waals surface area (Å²) in [6, 6.07) is 5.36. The Balaban J connectivity index is 2.19. The Morgan fingerprint density at radius 3 is 2.89 bits per heavy atom. The van der Waals surface area contributed by atoms with E-state index in [1.807, 2.05) is 19.9 Å². The van der Waals surface area contributed by atoms with Gasteiger partial charge in [0.1, 0.15) is 18.1 Å². The van der Waals surface area contributed by atoms with Crippen LogP contribution in [0.15, 0.2) is 18.2 Å². The molecule has 2 rings (SSSR count). The van der Waals surface area contributed by atoms with Crippen LogP contribution in [0.2, 0.25) is 0 Å². The molecule has 19 heavy (non-hydrogen) atoms. The van der Waals surface area contributed by atoms with Crippen LogP contribution in [0.4, 0.5) is 0 Å². The molecule has 0 saturated carbocycles. The van der Waals surface area contributed by atoms with Crippen molar-refractivity contribution in [3.05, 3.63) is 23.8 Å². The highest BCUT2D eigenvalue weighted by molar-refractivity contribution is 5.66. The third-order valence-electron chi connectivity index (χ3n) is 3.40. The van der Waals surface area contributed by atoms with Gasteiger partial charge in [-0.25, -0.2) is 0 Å². The first kappa shape index (κ1) is 13.7. The molecule has 1 aromatic carbocycles. The number of nitrogens with zero attached hydrogens (tertiary/aromatic N) is 1. The molecule has 0 saturated heterocycles. The number of carbonyl (C=O) groups is 1. The molecule has 0 radical (unpaired) electrons. The summed E-state index contributed by atoms with van der Waals surface area (Å²) in [6.07, 6.45) is 0.113. The van der Waals surface area contributed by atoms with Crippen molar-refractivity contribution in [3.63, 3.8) is 0 Å². The second-order valence-electron chi connectivity index (χ2n) is 5.02. The lowest BCUT2D eigenvalue weighted by Crippen LogP contribution is -2.37. The molecule has 0 amide bonds. The van der Waals surface area contributed by atoms with Crippen LogP contribution < -0.4 is 4.74 Å². The van der Waals surface area contributed by atoms with Gasteiger partial charge in [-0.3, -0.25) is 9.69 Å². The first-order valence-corrected chi connectivity index (χ1v) is 6.42. The van der Waals surface area contributed by atoms with Gasteiger partial charge in [-0.1, -0.05) is 0 Å². The van der Waals surface area contributed by atoms with E-state index in [2.05, 4.69) is 4.90 Å². The summed E-state index contributed by atoms with van der Waals surface area (Å²) in [5.41, 5.74) is 1.01. The maximum absolute atomic E-state index is 10.7. The third kappa shape index (κ3) is 2.98.